The van der Waals surface area contributed by atoms with Gasteiger partial charge in [0.2, 0.25) is 0 Å². The number of fused-ring (bicyclic) bond motifs is 1. The molecule has 0 spiro atoms. The second kappa shape index (κ2) is 6.50. The van der Waals surface area contributed by atoms with Crippen molar-refractivity contribution in [2.75, 3.05) is 0 Å². The number of aromatic nitrogens is 2. The topological polar surface area (TPSA) is 54.9 Å². The Morgan fingerprint density at radius 1 is 1.24 bits per heavy atom. The summed E-state index contributed by atoms with van der Waals surface area (Å²) >= 11 is 3.11. The zero-order valence-electron chi connectivity index (χ0n) is 15.4. The summed E-state index contributed by atoms with van der Waals surface area (Å²) in [4.78, 5) is 25.0. The van der Waals surface area contributed by atoms with E-state index in [4.69, 9.17) is 4.98 Å². The largest absolute Gasteiger partial charge is 0.344 e. The van der Waals surface area contributed by atoms with Crippen molar-refractivity contribution in [3.63, 3.8) is 0 Å². The third-order valence-corrected chi connectivity index (χ3v) is 6.41. The molecular weight excluding hydrogens is 350 g/mol. The molecule has 0 aliphatic rings. The van der Waals surface area contributed by atoms with Crippen LogP contribution in [-0.2, 0) is 5.41 Å². The molecule has 0 fully saturated rings. The number of hydrogen-bond acceptors (Lipinski definition) is 5. The molecule has 6 heteroatoms. The smallest absolute Gasteiger partial charge is 0.262 e. The van der Waals surface area contributed by atoms with Crippen molar-refractivity contribution in [1.82, 2.24) is 15.3 Å². The van der Waals surface area contributed by atoms with Gasteiger partial charge in [-0.3, -0.25) is 4.79 Å². The lowest BCUT2D eigenvalue weighted by atomic mass is 9.95. The van der Waals surface area contributed by atoms with Crippen molar-refractivity contribution >= 4 is 38.8 Å². The number of thiophene rings is 2. The maximum atomic E-state index is 12.8. The molecule has 3 rings (SSSR count). The first kappa shape index (κ1) is 18.0. The highest BCUT2D eigenvalue weighted by molar-refractivity contribution is 7.20. The Bertz CT molecular complexity index is 920. The fourth-order valence-corrected chi connectivity index (χ4v) is 4.63. The molecule has 0 aliphatic carbocycles. The highest BCUT2D eigenvalue weighted by Crippen LogP contribution is 2.33. The van der Waals surface area contributed by atoms with E-state index in [-0.39, 0.29) is 17.4 Å². The van der Waals surface area contributed by atoms with E-state index in [2.05, 4.69) is 31.1 Å². The maximum Gasteiger partial charge on any atom is 0.262 e. The minimum Gasteiger partial charge on any atom is -0.344 e. The van der Waals surface area contributed by atoms with Crippen LogP contribution in [0.15, 0.2) is 17.5 Å². The van der Waals surface area contributed by atoms with Crippen molar-refractivity contribution < 1.29 is 4.79 Å². The number of nitrogens with one attached hydrogen (secondary N) is 1. The molecule has 1 N–H and O–H groups in total. The van der Waals surface area contributed by atoms with Crippen molar-refractivity contribution in [2.24, 2.45) is 0 Å². The zero-order chi connectivity index (χ0) is 18.4. The molecule has 0 radical (unpaired) electrons. The Kier molecular flexibility index (Phi) is 4.68. The molecule has 4 nitrogen and oxygen atoms in total. The van der Waals surface area contributed by atoms with E-state index in [1.807, 2.05) is 38.3 Å². The SMILES string of the molecule is Cc1nc(C(C)(C)C)nc2sc(C(=O)N[C@@H](C)c3cccs3)c(C)c12. The van der Waals surface area contributed by atoms with Gasteiger partial charge in [0.15, 0.2) is 0 Å². The first-order chi connectivity index (χ1) is 11.7. The third kappa shape index (κ3) is 3.46. The normalized spacial score (nSPS) is 13.2. The van der Waals surface area contributed by atoms with Crippen LogP contribution in [0.5, 0.6) is 0 Å². The molecule has 3 heterocycles. The van der Waals surface area contributed by atoms with Gasteiger partial charge in [0, 0.05) is 15.7 Å². The summed E-state index contributed by atoms with van der Waals surface area (Å²) in [5.74, 6) is 0.774. The molecule has 0 aliphatic heterocycles. The third-order valence-electron chi connectivity index (χ3n) is 4.17. The summed E-state index contributed by atoms with van der Waals surface area (Å²) in [6.07, 6.45) is 0. The lowest BCUT2D eigenvalue weighted by Gasteiger charge is -2.16. The average molecular weight is 374 g/mol. The molecule has 1 amide bonds. The first-order valence-electron chi connectivity index (χ1n) is 8.31. The Labute approximate surface area is 156 Å². The minimum atomic E-state index is -0.118. The predicted octanol–water partition coefficient (Wildman–Crippen LogP) is 5.16. The van der Waals surface area contributed by atoms with Gasteiger partial charge in [-0.15, -0.1) is 22.7 Å². The van der Waals surface area contributed by atoms with Crippen LogP contribution in [0.1, 0.15) is 65.4 Å². The zero-order valence-corrected chi connectivity index (χ0v) is 17.1. The Morgan fingerprint density at radius 3 is 2.56 bits per heavy atom. The van der Waals surface area contributed by atoms with Crippen LogP contribution in [0.4, 0.5) is 0 Å². The number of amides is 1. The van der Waals surface area contributed by atoms with Gasteiger partial charge in [-0.25, -0.2) is 9.97 Å². The summed E-state index contributed by atoms with van der Waals surface area (Å²) in [7, 11) is 0. The molecule has 0 bridgehead atoms. The molecule has 0 aromatic carbocycles. The van der Waals surface area contributed by atoms with Crippen molar-refractivity contribution in [3.8, 4) is 0 Å². The summed E-state index contributed by atoms with van der Waals surface area (Å²) in [5.41, 5.74) is 1.79. The molecule has 0 saturated carbocycles. The first-order valence-corrected chi connectivity index (χ1v) is 10.0. The van der Waals surface area contributed by atoms with Gasteiger partial charge in [0.25, 0.3) is 5.91 Å². The van der Waals surface area contributed by atoms with Crippen LogP contribution in [0.2, 0.25) is 0 Å². The van der Waals surface area contributed by atoms with E-state index in [1.54, 1.807) is 11.3 Å². The molecule has 3 aromatic heterocycles. The van der Waals surface area contributed by atoms with Gasteiger partial charge < -0.3 is 5.32 Å². The average Bonchev–Trinajstić information content (AvgIpc) is 3.14. The van der Waals surface area contributed by atoms with Gasteiger partial charge >= 0.3 is 0 Å². The highest BCUT2D eigenvalue weighted by atomic mass is 32.1. The lowest BCUT2D eigenvalue weighted by molar-refractivity contribution is 0.0944. The van der Waals surface area contributed by atoms with E-state index >= 15 is 0 Å². The van der Waals surface area contributed by atoms with Crippen LogP contribution in [0.3, 0.4) is 0 Å². The summed E-state index contributed by atoms with van der Waals surface area (Å²) in [6.45, 7) is 12.3. The maximum absolute atomic E-state index is 12.8. The molecular formula is C19H23N3OS2. The fraction of sp³-hybridized carbons (Fsp3) is 0.421. The summed E-state index contributed by atoms with van der Waals surface area (Å²) in [5, 5.41) is 6.13. The van der Waals surface area contributed by atoms with Crippen LogP contribution >= 0.6 is 22.7 Å². The Hall–Kier alpha value is -1.79. The van der Waals surface area contributed by atoms with Crippen molar-refractivity contribution in [2.45, 2.75) is 53.0 Å². The summed E-state index contributed by atoms with van der Waals surface area (Å²) < 4.78 is 0. The van der Waals surface area contributed by atoms with E-state index in [9.17, 15) is 4.79 Å². The lowest BCUT2D eigenvalue weighted by Crippen LogP contribution is -2.25. The Balaban J connectivity index is 1.98. The number of carbonyl (C=O) groups is 1. The van der Waals surface area contributed by atoms with Gasteiger partial charge in [-0.2, -0.15) is 0 Å². The standard InChI is InChI=1S/C19H23N3OS2/c1-10-14-12(3)21-18(19(4,5)6)22-17(14)25-15(10)16(23)20-11(2)13-8-7-9-24-13/h7-9,11H,1-6H3,(H,20,23)/t11-/m0/s1. The molecule has 25 heavy (non-hydrogen) atoms. The van der Waals surface area contributed by atoms with E-state index in [0.29, 0.717) is 0 Å². The second-order valence-corrected chi connectivity index (χ2v) is 9.31. The number of carbonyl (C=O) groups excluding carboxylic acids is 1. The second-order valence-electron chi connectivity index (χ2n) is 7.33. The molecule has 0 saturated heterocycles. The molecule has 1 atom stereocenters. The van der Waals surface area contributed by atoms with Crippen LogP contribution in [0.25, 0.3) is 10.2 Å². The van der Waals surface area contributed by atoms with Gasteiger partial charge in [-0.05, 0) is 37.8 Å². The minimum absolute atomic E-state index is 0.00516. The highest BCUT2D eigenvalue weighted by Gasteiger charge is 2.24. The number of nitrogens with zero attached hydrogens (tertiary/aromatic N) is 2. The fourth-order valence-electron chi connectivity index (χ4n) is 2.76. The van der Waals surface area contributed by atoms with Crippen LogP contribution in [0, 0.1) is 13.8 Å². The molecule has 0 unspecified atom stereocenters. The molecule has 3 aromatic rings. The van der Waals surface area contributed by atoms with E-state index < -0.39 is 0 Å². The van der Waals surface area contributed by atoms with Gasteiger partial charge in [-0.1, -0.05) is 26.8 Å². The quantitative estimate of drug-likeness (QED) is 0.690. The van der Waals surface area contributed by atoms with Crippen molar-refractivity contribution in [3.05, 3.63) is 44.3 Å². The van der Waals surface area contributed by atoms with Crippen molar-refractivity contribution in [1.29, 1.82) is 0 Å². The predicted molar refractivity (Wildman–Crippen MR) is 106 cm³/mol. The monoisotopic (exact) mass is 373 g/mol. The van der Waals surface area contributed by atoms with Gasteiger partial charge in [0.05, 0.1) is 16.6 Å². The van der Waals surface area contributed by atoms with E-state index in [1.165, 1.54) is 11.3 Å². The Morgan fingerprint density at radius 2 is 1.96 bits per heavy atom. The van der Waals surface area contributed by atoms with Crippen LogP contribution in [-0.4, -0.2) is 15.9 Å². The number of rotatable bonds is 3. The number of aryl methyl sites for hydroxylation is 2. The van der Waals surface area contributed by atoms with Gasteiger partial charge in [0.1, 0.15) is 10.7 Å². The number of hydrogen-bond donors (Lipinski definition) is 1. The summed E-state index contributed by atoms with van der Waals surface area (Å²) in [6, 6.07) is 4.04. The van der Waals surface area contributed by atoms with Crippen LogP contribution < -0.4 is 5.32 Å². The van der Waals surface area contributed by atoms with E-state index in [0.717, 1.165) is 37.1 Å². The molecule has 132 valence electrons.